The zero-order chi connectivity index (χ0) is 35.5. The topological polar surface area (TPSA) is 245 Å². The molecular weight excluding hydrogens is 660 g/mol. The summed E-state index contributed by atoms with van der Waals surface area (Å²) in [5, 5.41) is 72.8. The lowest BCUT2D eigenvalue weighted by molar-refractivity contribution is 0.00469. The third-order valence-corrected chi connectivity index (χ3v) is 9.35. The number of rotatable bonds is 12. The van der Waals surface area contributed by atoms with E-state index >= 15 is 0 Å². The predicted octanol–water partition coefficient (Wildman–Crippen LogP) is 0.0122. The summed E-state index contributed by atoms with van der Waals surface area (Å²) in [6.07, 6.45) is 0.446. The first-order valence-electron chi connectivity index (χ1n) is 16.8. The van der Waals surface area contributed by atoms with Crippen LogP contribution in [-0.2, 0) is 19.6 Å². The van der Waals surface area contributed by atoms with Gasteiger partial charge < -0.3 is 51.0 Å². The molecule has 0 unspecified atom stereocenters. The van der Waals surface area contributed by atoms with Crippen LogP contribution in [0.1, 0.15) is 41.9 Å². The smallest absolute Gasteiger partial charge is 0.315 e. The molecule has 3 aromatic heterocycles. The SMILES string of the molecule is O=C(NCc1cccc(O)c1)N[C@@H]1CCN(c2nc(N[C@H](CO)Cc3ccccc3)c3ncn([C@@H]4C[C@H](n5nnc(CO)n5)[C@@H](O)[C@H]4O)c3n2)C1. The number of imidazole rings is 1. The number of aliphatic hydroxyl groups excluding tert-OH is 4. The van der Waals surface area contributed by atoms with E-state index in [1.165, 1.54) is 4.80 Å². The Morgan fingerprint density at radius 1 is 1.00 bits per heavy atom. The Balaban J connectivity index is 1.14. The Morgan fingerprint density at radius 2 is 1.80 bits per heavy atom. The highest BCUT2D eigenvalue weighted by molar-refractivity contribution is 5.85. The lowest BCUT2D eigenvalue weighted by atomic mass is 10.1. The van der Waals surface area contributed by atoms with Crippen molar-refractivity contribution in [2.45, 2.75) is 68.8 Å². The van der Waals surface area contributed by atoms with Gasteiger partial charge in [-0.25, -0.2) is 9.78 Å². The number of aromatic nitrogens is 8. The number of hydrogen-bond donors (Lipinski definition) is 8. The summed E-state index contributed by atoms with van der Waals surface area (Å²) in [6.45, 7) is 0.626. The van der Waals surface area contributed by atoms with Crippen molar-refractivity contribution in [2.75, 3.05) is 29.9 Å². The monoisotopic (exact) mass is 700 g/mol. The average molecular weight is 701 g/mol. The number of carbonyl (C=O) groups is 1. The van der Waals surface area contributed by atoms with Gasteiger partial charge in [0.05, 0.1) is 25.0 Å². The quantitative estimate of drug-likeness (QED) is 0.0855. The molecule has 6 atom stereocenters. The largest absolute Gasteiger partial charge is 0.508 e. The van der Waals surface area contributed by atoms with Crippen molar-refractivity contribution in [3.8, 4) is 5.75 Å². The molecule has 2 aliphatic rings. The molecule has 4 heterocycles. The molecule has 8 N–H and O–H groups in total. The molecule has 0 bridgehead atoms. The molecule has 51 heavy (non-hydrogen) atoms. The van der Waals surface area contributed by atoms with E-state index in [2.05, 4.69) is 36.3 Å². The van der Waals surface area contributed by atoms with Gasteiger partial charge in [0.1, 0.15) is 30.6 Å². The number of carbonyl (C=O) groups excluding carboxylic acids is 1. The van der Waals surface area contributed by atoms with Gasteiger partial charge in [-0.3, -0.25) is 0 Å². The molecule has 0 radical (unpaired) electrons. The number of amides is 2. The molecule has 1 aliphatic heterocycles. The fourth-order valence-corrected chi connectivity index (χ4v) is 6.74. The van der Waals surface area contributed by atoms with E-state index in [1.54, 1.807) is 29.1 Å². The van der Waals surface area contributed by atoms with Gasteiger partial charge >= 0.3 is 6.03 Å². The van der Waals surface area contributed by atoms with Gasteiger partial charge in [-0.1, -0.05) is 42.5 Å². The lowest BCUT2D eigenvalue weighted by Gasteiger charge is -2.22. The Labute approximate surface area is 291 Å². The Kier molecular flexibility index (Phi) is 9.89. The molecule has 2 fully saturated rings. The number of fused-ring (bicyclic) bond motifs is 1. The van der Waals surface area contributed by atoms with Crippen LogP contribution in [0, 0.1) is 0 Å². The Bertz CT molecular complexity index is 1960. The highest BCUT2D eigenvalue weighted by Gasteiger charge is 2.45. The molecule has 1 aliphatic carbocycles. The van der Waals surface area contributed by atoms with E-state index in [9.17, 15) is 30.3 Å². The number of hydrogen-bond acceptors (Lipinski definition) is 14. The van der Waals surface area contributed by atoms with Crippen LogP contribution in [0.15, 0.2) is 60.9 Å². The average Bonchev–Trinajstić information content (AvgIpc) is 3.95. The fraction of sp³-hybridized carbons (Fsp3) is 0.424. The van der Waals surface area contributed by atoms with Crippen LogP contribution in [0.2, 0.25) is 0 Å². The summed E-state index contributed by atoms with van der Waals surface area (Å²) in [4.78, 5) is 30.3. The summed E-state index contributed by atoms with van der Waals surface area (Å²) in [5.74, 6) is 0.977. The molecule has 268 valence electrons. The molecule has 18 nitrogen and oxygen atoms in total. The highest BCUT2D eigenvalue weighted by atomic mass is 16.3. The van der Waals surface area contributed by atoms with Gasteiger partial charge in [0.25, 0.3) is 0 Å². The second-order valence-corrected chi connectivity index (χ2v) is 12.9. The molecule has 2 amide bonds. The Morgan fingerprint density at radius 3 is 2.57 bits per heavy atom. The van der Waals surface area contributed by atoms with Crippen molar-refractivity contribution in [3.63, 3.8) is 0 Å². The highest BCUT2D eigenvalue weighted by Crippen LogP contribution is 2.40. The van der Waals surface area contributed by atoms with E-state index in [4.69, 9.17) is 9.97 Å². The summed E-state index contributed by atoms with van der Waals surface area (Å²) in [5.41, 5.74) is 2.61. The summed E-state index contributed by atoms with van der Waals surface area (Å²) in [6, 6.07) is 14.1. The predicted molar refractivity (Wildman–Crippen MR) is 183 cm³/mol. The third-order valence-electron chi connectivity index (χ3n) is 9.35. The number of nitrogens with zero attached hydrogens (tertiary/aromatic N) is 9. The van der Waals surface area contributed by atoms with Crippen LogP contribution in [0.5, 0.6) is 5.75 Å². The van der Waals surface area contributed by atoms with Gasteiger partial charge in [0.15, 0.2) is 22.8 Å². The number of tetrazole rings is 1. The maximum absolute atomic E-state index is 12.7. The third kappa shape index (κ3) is 7.39. The second kappa shape index (κ2) is 14.8. The van der Waals surface area contributed by atoms with Crippen molar-refractivity contribution in [1.29, 1.82) is 0 Å². The van der Waals surface area contributed by atoms with Crippen LogP contribution in [-0.4, -0.2) is 115 Å². The fourth-order valence-electron chi connectivity index (χ4n) is 6.74. The summed E-state index contributed by atoms with van der Waals surface area (Å²) >= 11 is 0. The lowest BCUT2D eigenvalue weighted by Crippen LogP contribution is -2.43. The first-order chi connectivity index (χ1) is 24.8. The van der Waals surface area contributed by atoms with Crippen LogP contribution in [0.3, 0.4) is 0 Å². The van der Waals surface area contributed by atoms with Crippen molar-refractivity contribution in [2.24, 2.45) is 0 Å². The maximum atomic E-state index is 12.7. The minimum absolute atomic E-state index is 0.0997. The van der Waals surface area contributed by atoms with Gasteiger partial charge in [-0.15, -0.1) is 10.2 Å². The number of phenols is 1. The first kappa shape index (κ1) is 34.0. The molecule has 7 rings (SSSR count). The molecule has 18 heteroatoms. The number of urea groups is 1. The molecular formula is C33H40N12O6. The first-order valence-corrected chi connectivity index (χ1v) is 16.8. The van der Waals surface area contributed by atoms with E-state index in [0.717, 1.165) is 11.1 Å². The van der Waals surface area contributed by atoms with Crippen LogP contribution in [0.25, 0.3) is 11.2 Å². The second-order valence-electron chi connectivity index (χ2n) is 12.9. The number of anilines is 2. The minimum Gasteiger partial charge on any atom is -0.508 e. The van der Waals surface area contributed by atoms with Crippen LogP contribution in [0.4, 0.5) is 16.6 Å². The maximum Gasteiger partial charge on any atom is 0.315 e. The minimum atomic E-state index is -1.24. The molecule has 5 aromatic rings. The molecule has 0 spiro atoms. The van der Waals surface area contributed by atoms with Gasteiger partial charge in [0, 0.05) is 25.7 Å². The van der Waals surface area contributed by atoms with E-state index in [-0.39, 0.29) is 43.2 Å². The normalized spacial score (nSPS) is 22.4. The number of nitrogens with one attached hydrogen (secondary N) is 3. The molecule has 2 aromatic carbocycles. The van der Waals surface area contributed by atoms with Crippen molar-refractivity contribution >= 4 is 29.0 Å². The number of phenolic OH excluding ortho intramolecular Hbond substituents is 1. The van der Waals surface area contributed by atoms with Crippen molar-refractivity contribution < 1.29 is 30.3 Å². The zero-order valence-corrected chi connectivity index (χ0v) is 27.6. The van der Waals surface area contributed by atoms with Gasteiger partial charge in [-0.05, 0) is 47.7 Å². The van der Waals surface area contributed by atoms with E-state index in [1.807, 2.05) is 41.3 Å². The van der Waals surface area contributed by atoms with Crippen molar-refractivity contribution in [1.82, 2.24) is 50.4 Å². The summed E-state index contributed by atoms with van der Waals surface area (Å²) in [7, 11) is 0. The van der Waals surface area contributed by atoms with Gasteiger partial charge in [0.2, 0.25) is 5.95 Å². The number of aromatic hydroxyl groups is 1. The summed E-state index contributed by atoms with van der Waals surface area (Å²) < 4.78 is 1.70. The molecule has 1 saturated heterocycles. The molecule has 1 saturated carbocycles. The standard InChI is InChI=1S/C33H40N12O6/c46-16-22(11-19-5-2-1-3-6-19)36-30-27-31(44(18-35-27)24-13-25(29(50)28(24)49)45-41-26(17-47)40-42-45)39-32(38-30)43-10-9-21(15-43)37-33(51)34-14-20-7-4-8-23(48)12-20/h1-8,12,18,21-22,24-25,28-29,46-50H,9-11,13-17H2,(H2,34,37,51)(H,36,38,39)/t21-,22+,24-,25+,28+,29-/m1/s1. The van der Waals surface area contributed by atoms with Crippen molar-refractivity contribution in [3.05, 3.63) is 77.9 Å². The van der Waals surface area contributed by atoms with E-state index < -0.39 is 36.9 Å². The number of aliphatic hydroxyl groups is 4. The zero-order valence-electron chi connectivity index (χ0n) is 27.6. The van der Waals surface area contributed by atoms with Crippen LogP contribution >= 0.6 is 0 Å². The Hall–Kier alpha value is -5.43. The number of benzene rings is 2. The van der Waals surface area contributed by atoms with Crippen LogP contribution < -0.4 is 20.9 Å². The van der Waals surface area contributed by atoms with E-state index in [0.29, 0.717) is 48.9 Å². The van der Waals surface area contributed by atoms with Gasteiger partial charge in [-0.2, -0.15) is 14.8 Å².